The average Bonchev–Trinajstić information content (AvgIpc) is 2.66. The number of nitrogens with one attached hydrogen (secondary N) is 3. The van der Waals surface area contributed by atoms with Crippen molar-refractivity contribution in [2.75, 3.05) is 0 Å². The van der Waals surface area contributed by atoms with Gasteiger partial charge in [0.1, 0.15) is 18.1 Å². The van der Waals surface area contributed by atoms with E-state index in [0.717, 1.165) is 0 Å². The maximum atomic E-state index is 12.8. The van der Waals surface area contributed by atoms with Gasteiger partial charge < -0.3 is 37.0 Å². The van der Waals surface area contributed by atoms with Crippen LogP contribution in [0.3, 0.4) is 0 Å². The fourth-order valence-electron chi connectivity index (χ4n) is 2.84. The predicted molar refractivity (Wildman–Crippen MR) is 115 cm³/mol. The van der Waals surface area contributed by atoms with Gasteiger partial charge in [-0.15, -0.1) is 0 Å². The van der Waals surface area contributed by atoms with Crippen LogP contribution in [-0.4, -0.2) is 75.1 Å². The van der Waals surface area contributed by atoms with Gasteiger partial charge in [0.05, 0.1) is 12.5 Å². The third-order valence-corrected chi connectivity index (χ3v) is 4.58. The molecule has 0 saturated carbocycles. The Morgan fingerprint density at radius 3 is 1.70 bits per heavy atom. The van der Waals surface area contributed by atoms with Gasteiger partial charge in [-0.05, 0) is 24.7 Å². The van der Waals surface area contributed by atoms with Crippen molar-refractivity contribution in [2.45, 2.75) is 77.5 Å². The maximum Gasteiger partial charge on any atom is 0.326 e. The molecule has 0 aromatic rings. The Balaban J connectivity index is 5.57. The molecule has 0 saturated heterocycles. The predicted octanol–water partition coefficient (Wildman–Crippen LogP) is -1.11. The molecule has 0 aliphatic rings. The quantitative estimate of drug-likeness (QED) is 0.151. The Morgan fingerprint density at radius 2 is 1.27 bits per heavy atom. The molecule has 8 N–H and O–H groups in total. The van der Waals surface area contributed by atoms with E-state index in [-0.39, 0.29) is 18.8 Å². The van der Waals surface area contributed by atoms with Crippen LogP contribution in [0.25, 0.3) is 0 Å². The molecule has 4 atom stereocenters. The fraction of sp³-hybridized carbons (Fsp3) is 0.700. The van der Waals surface area contributed by atoms with Crippen LogP contribution in [0.15, 0.2) is 0 Å². The molecule has 0 fully saturated rings. The summed E-state index contributed by atoms with van der Waals surface area (Å²) in [7, 11) is 0. The van der Waals surface area contributed by atoms with Crippen LogP contribution < -0.4 is 21.7 Å². The van der Waals surface area contributed by atoms with E-state index >= 15 is 0 Å². The largest absolute Gasteiger partial charge is 0.481 e. The first-order valence-corrected chi connectivity index (χ1v) is 10.5. The van der Waals surface area contributed by atoms with Crippen LogP contribution in [0.5, 0.6) is 0 Å². The van der Waals surface area contributed by atoms with E-state index in [2.05, 4.69) is 16.0 Å². The number of amides is 3. The van der Waals surface area contributed by atoms with Crippen molar-refractivity contribution in [3.8, 4) is 0 Å². The second-order valence-corrected chi connectivity index (χ2v) is 8.46. The molecule has 0 rings (SSSR count). The van der Waals surface area contributed by atoms with Gasteiger partial charge in [0.25, 0.3) is 0 Å². The van der Waals surface area contributed by atoms with Crippen molar-refractivity contribution in [3.05, 3.63) is 0 Å². The molecule has 0 heterocycles. The number of hydrogen-bond donors (Lipinski definition) is 7. The monoisotopic (exact) mass is 474 g/mol. The van der Waals surface area contributed by atoms with Crippen molar-refractivity contribution >= 4 is 35.6 Å². The van der Waals surface area contributed by atoms with Gasteiger partial charge in [0.15, 0.2) is 0 Å². The summed E-state index contributed by atoms with van der Waals surface area (Å²) in [5.41, 5.74) is 5.49. The highest BCUT2D eigenvalue weighted by atomic mass is 16.4. The molecule has 33 heavy (non-hydrogen) atoms. The maximum absolute atomic E-state index is 12.8. The Hall–Kier alpha value is -3.22. The van der Waals surface area contributed by atoms with Crippen molar-refractivity contribution in [3.63, 3.8) is 0 Å². The molecule has 0 aromatic carbocycles. The van der Waals surface area contributed by atoms with Crippen LogP contribution in [0.1, 0.15) is 53.4 Å². The lowest BCUT2D eigenvalue weighted by atomic mass is 9.99. The minimum atomic E-state index is -1.47. The fourth-order valence-corrected chi connectivity index (χ4v) is 2.84. The van der Waals surface area contributed by atoms with Gasteiger partial charge in [0.2, 0.25) is 17.7 Å². The number of carboxylic acids is 3. The van der Waals surface area contributed by atoms with E-state index in [9.17, 15) is 33.9 Å². The van der Waals surface area contributed by atoms with Crippen molar-refractivity contribution < 1.29 is 44.1 Å². The van der Waals surface area contributed by atoms with Crippen molar-refractivity contribution in [2.24, 2.45) is 17.6 Å². The summed E-state index contributed by atoms with van der Waals surface area (Å²) >= 11 is 0. The van der Waals surface area contributed by atoms with Crippen molar-refractivity contribution in [1.29, 1.82) is 0 Å². The average molecular weight is 475 g/mol. The second-order valence-electron chi connectivity index (χ2n) is 8.46. The molecule has 0 aliphatic carbocycles. The molecule has 4 unspecified atom stereocenters. The lowest BCUT2D eigenvalue weighted by Crippen LogP contribution is -2.58. The van der Waals surface area contributed by atoms with E-state index in [0.29, 0.717) is 0 Å². The molecule has 13 heteroatoms. The van der Waals surface area contributed by atoms with Crippen LogP contribution >= 0.6 is 0 Å². The van der Waals surface area contributed by atoms with E-state index in [1.807, 2.05) is 0 Å². The first-order chi connectivity index (χ1) is 15.1. The van der Waals surface area contributed by atoms with E-state index in [4.69, 9.17) is 15.9 Å². The third-order valence-electron chi connectivity index (χ3n) is 4.58. The Bertz CT molecular complexity index is 739. The number of carboxylic acid groups (broad SMARTS) is 3. The zero-order valence-electron chi connectivity index (χ0n) is 19.2. The second kappa shape index (κ2) is 14.0. The first kappa shape index (κ1) is 29.8. The van der Waals surface area contributed by atoms with Gasteiger partial charge in [-0.1, -0.05) is 27.7 Å². The summed E-state index contributed by atoms with van der Waals surface area (Å²) in [5.74, 6) is -6.94. The van der Waals surface area contributed by atoms with Gasteiger partial charge in [-0.2, -0.15) is 0 Å². The standard InChI is InChI=1S/C20H34N4O9/c1-9(2)7-13(19(31)24-16(10(3)4)20(32)33)23-18(30)12(5-6-14(25)26)22-17(29)11(21)8-15(27)28/h9-13,16H,5-8,21H2,1-4H3,(H,22,29)(H,23,30)(H,24,31)(H,25,26)(H,27,28)(H,32,33). The molecule has 0 aliphatic heterocycles. The van der Waals surface area contributed by atoms with Crippen LogP contribution in [0, 0.1) is 11.8 Å². The van der Waals surface area contributed by atoms with Gasteiger partial charge in [-0.25, -0.2) is 4.79 Å². The number of nitrogens with two attached hydrogens (primary N) is 1. The van der Waals surface area contributed by atoms with E-state index in [1.165, 1.54) is 0 Å². The molecule has 13 nitrogen and oxygen atoms in total. The summed E-state index contributed by atoms with van der Waals surface area (Å²) in [6, 6.07) is -5.23. The van der Waals surface area contributed by atoms with Gasteiger partial charge >= 0.3 is 17.9 Å². The summed E-state index contributed by atoms with van der Waals surface area (Å²) in [6.45, 7) is 6.76. The SMILES string of the molecule is CC(C)CC(NC(=O)C(CCC(=O)O)NC(=O)C(N)CC(=O)O)C(=O)NC(C(=O)O)C(C)C. The molecule has 0 radical (unpaired) electrons. The van der Waals surface area contributed by atoms with Crippen molar-refractivity contribution in [1.82, 2.24) is 16.0 Å². The molecule has 0 spiro atoms. The minimum Gasteiger partial charge on any atom is -0.481 e. The van der Waals surface area contributed by atoms with Gasteiger partial charge in [-0.3, -0.25) is 24.0 Å². The van der Waals surface area contributed by atoms with Gasteiger partial charge in [0, 0.05) is 6.42 Å². The summed E-state index contributed by atoms with van der Waals surface area (Å²) in [4.78, 5) is 70.8. The summed E-state index contributed by atoms with van der Waals surface area (Å²) in [5, 5.41) is 34.0. The van der Waals surface area contributed by atoms with Crippen LogP contribution in [0.2, 0.25) is 0 Å². The number of carbonyl (C=O) groups is 6. The molecular weight excluding hydrogens is 440 g/mol. The zero-order chi connectivity index (χ0) is 25.9. The Kier molecular flexibility index (Phi) is 12.7. The van der Waals surface area contributed by atoms with E-state index in [1.54, 1.807) is 27.7 Å². The Labute approximate surface area is 191 Å². The molecule has 0 bridgehead atoms. The highest BCUT2D eigenvalue weighted by Crippen LogP contribution is 2.09. The lowest BCUT2D eigenvalue weighted by molar-refractivity contribution is -0.143. The number of hydrogen-bond acceptors (Lipinski definition) is 7. The van der Waals surface area contributed by atoms with Crippen LogP contribution in [0.4, 0.5) is 0 Å². The third kappa shape index (κ3) is 11.8. The topological polar surface area (TPSA) is 225 Å². The molecular formula is C20H34N4O9. The summed E-state index contributed by atoms with van der Waals surface area (Å²) < 4.78 is 0. The van der Waals surface area contributed by atoms with Crippen LogP contribution in [-0.2, 0) is 28.8 Å². The summed E-state index contributed by atoms with van der Waals surface area (Å²) in [6.07, 6.45) is -1.40. The zero-order valence-corrected chi connectivity index (χ0v) is 19.2. The normalized spacial score (nSPS) is 14.6. The smallest absolute Gasteiger partial charge is 0.326 e. The lowest BCUT2D eigenvalue weighted by Gasteiger charge is -2.26. The van der Waals surface area contributed by atoms with E-state index < -0.39 is 78.6 Å². The molecule has 188 valence electrons. The molecule has 0 aromatic heterocycles. The first-order valence-electron chi connectivity index (χ1n) is 10.5. The number of rotatable bonds is 15. The molecule has 3 amide bonds. The Morgan fingerprint density at radius 1 is 0.758 bits per heavy atom. The number of aliphatic carboxylic acids is 3. The minimum absolute atomic E-state index is 0.0839. The highest BCUT2D eigenvalue weighted by Gasteiger charge is 2.32. The number of carbonyl (C=O) groups excluding carboxylic acids is 3. The highest BCUT2D eigenvalue weighted by molar-refractivity contribution is 5.95.